The van der Waals surface area contributed by atoms with E-state index >= 15 is 0 Å². The summed E-state index contributed by atoms with van der Waals surface area (Å²) in [5, 5.41) is 0.928. The Bertz CT molecular complexity index is 311. The van der Waals surface area contributed by atoms with Crippen LogP contribution >= 0.6 is 31.9 Å². The highest BCUT2D eigenvalue weighted by atomic mass is 79.9. The van der Waals surface area contributed by atoms with Crippen molar-refractivity contribution in [3.05, 3.63) is 33.8 Å². The van der Waals surface area contributed by atoms with Crippen LogP contribution < -0.4 is 0 Å². The van der Waals surface area contributed by atoms with Crippen LogP contribution in [0.5, 0.6) is 0 Å². The van der Waals surface area contributed by atoms with E-state index in [0.717, 1.165) is 11.8 Å². The molecule has 0 aliphatic carbocycles. The van der Waals surface area contributed by atoms with Crippen molar-refractivity contribution in [1.82, 2.24) is 0 Å². The molecule has 1 rings (SSSR count). The van der Waals surface area contributed by atoms with Gasteiger partial charge in [0.05, 0.1) is 0 Å². The van der Waals surface area contributed by atoms with Gasteiger partial charge in [0.2, 0.25) is 0 Å². The molecule has 0 amide bonds. The van der Waals surface area contributed by atoms with Crippen LogP contribution in [0.15, 0.2) is 22.7 Å². The maximum absolute atomic E-state index is 3.60. The fourth-order valence-corrected chi connectivity index (χ4v) is 2.15. The summed E-state index contributed by atoms with van der Waals surface area (Å²) >= 11 is 7.08. The third-order valence-electron chi connectivity index (χ3n) is 1.99. The average molecular weight is 320 g/mol. The first-order valence-corrected chi connectivity index (χ1v) is 6.67. The van der Waals surface area contributed by atoms with E-state index in [4.69, 9.17) is 0 Å². The zero-order valence-electron chi connectivity index (χ0n) is 8.90. The Labute approximate surface area is 103 Å². The third-order valence-corrected chi connectivity index (χ3v) is 3.41. The Balaban J connectivity index is 2.95. The van der Waals surface area contributed by atoms with Crippen molar-refractivity contribution in [3.63, 3.8) is 0 Å². The molecule has 0 N–H and O–H groups in total. The van der Waals surface area contributed by atoms with Gasteiger partial charge in [-0.2, -0.15) is 0 Å². The number of hydrogen-bond donors (Lipinski definition) is 0. The summed E-state index contributed by atoms with van der Waals surface area (Å²) in [4.78, 5) is 0. The van der Waals surface area contributed by atoms with Gasteiger partial charge in [0.25, 0.3) is 0 Å². The number of benzene rings is 1. The van der Waals surface area contributed by atoms with Crippen LogP contribution in [0.3, 0.4) is 0 Å². The standard InChI is InChI=1S/C12H16Br2/c1-12(2,3)7-10-6-9(8-13)4-5-11(10)14/h4-6H,7-8H2,1-3H3. The van der Waals surface area contributed by atoms with Gasteiger partial charge in [-0.1, -0.05) is 64.8 Å². The van der Waals surface area contributed by atoms with Crippen molar-refractivity contribution < 1.29 is 0 Å². The van der Waals surface area contributed by atoms with Crippen molar-refractivity contribution in [1.29, 1.82) is 0 Å². The van der Waals surface area contributed by atoms with Gasteiger partial charge in [-0.3, -0.25) is 0 Å². The van der Waals surface area contributed by atoms with E-state index in [1.54, 1.807) is 0 Å². The summed E-state index contributed by atoms with van der Waals surface area (Å²) in [7, 11) is 0. The minimum absolute atomic E-state index is 0.341. The molecule has 2 heteroatoms. The summed E-state index contributed by atoms with van der Waals surface area (Å²) in [5.41, 5.74) is 3.08. The second-order valence-corrected chi connectivity index (χ2v) is 6.21. The van der Waals surface area contributed by atoms with E-state index in [9.17, 15) is 0 Å². The molecule has 0 bridgehead atoms. The monoisotopic (exact) mass is 318 g/mol. The quantitative estimate of drug-likeness (QED) is 0.678. The number of hydrogen-bond acceptors (Lipinski definition) is 0. The van der Waals surface area contributed by atoms with Gasteiger partial charge < -0.3 is 0 Å². The number of rotatable bonds is 2. The van der Waals surface area contributed by atoms with E-state index in [1.165, 1.54) is 15.6 Å². The van der Waals surface area contributed by atoms with Crippen molar-refractivity contribution in [2.75, 3.05) is 0 Å². The molecule has 0 nitrogen and oxygen atoms in total. The molecule has 0 heterocycles. The van der Waals surface area contributed by atoms with E-state index in [2.05, 4.69) is 70.8 Å². The van der Waals surface area contributed by atoms with Gasteiger partial charge in [-0.15, -0.1) is 0 Å². The van der Waals surface area contributed by atoms with Gasteiger partial charge in [-0.05, 0) is 29.0 Å². The molecule has 0 aliphatic rings. The molecule has 0 saturated heterocycles. The normalized spacial score (nSPS) is 11.8. The lowest BCUT2D eigenvalue weighted by atomic mass is 9.88. The van der Waals surface area contributed by atoms with Gasteiger partial charge in [0, 0.05) is 9.80 Å². The predicted molar refractivity (Wildman–Crippen MR) is 69.9 cm³/mol. The fraction of sp³-hybridized carbons (Fsp3) is 0.500. The van der Waals surface area contributed by atoms with Crippen LogP contribution in [0, 0.1) is 5.41 Å². The largest absolute Gasteiger partial charge is 0.0876 e. The molecule has 78 valence electrons. The molecule has 0 aliphatic heterocycles. The van der Waals surface area contributed by atoms with Crippen molar-refractivity contribution in [2.45, 2.75) is 32.5 Å². The molecule has 0 radical (unpaired) electrons. The molecule has 1 aromatic rings. The summed E-state index contributed by atoms with van der Waals surface area (Å²) in [6.45, 7) is 6.79. The summed E-state index contributed by atoms with van der Waals surface area (Å²) < 4.78 is 1.22. The molecule has 14 heavy (non-hydrogen) atoms. The molecular formula is C12H16Br2. The summed E-state index contributed by atoms with van der Waals surface area (Å²) in [6.07, 6.45) is 1.11. The van der Waals surface area contributed by atoms with Crippen LogP contribution in [0.4, 0.5) is 0 Å². The first kappa shape index (κ1) is 12.3. The van der Waals surface area contributed by atoms with E-state index in [-0.39, 0.29) is 0 Å². The Morgan fingerprint density at radius 3 is 2.36 bits per heavy atom. The summed E-state index contributed by atoms with van der Waals surface area (Å²) in [5.74, 6) is 0. The number of alkyl halides is 1. The zero-order valence-corrected chi connectivity index (χ0v) is 12.1. The fourth-order valence-electron chi connectivity index (χ4n) is 1.42. The van der Waals surface area contributed by atoms with Crippen molar-refractivity contribution in [2.24, 2.45) is 5.41 Å². The number of halogens is 2. The van der Waals surface area contributed by atoms with Gasteiger partial charge in [0.15, 0.2) is 0 Å². The van der Waals surface area contributed by atoms with Crippen molar-refractivity contribution >= 4 is 31.9 Å². The van der Waals surface area contributed by atoms with Crippen LogP contribution in [0.25, 0.3) is 0 Å². The van der Waals surface area contributed by atoms with Crippen LogP contribution in [0.1, 0.15) is 31.9 Å². The first-order valence-electron chi connectivity index (χ1n) is 4.75. The van der Waals surface area contributed by atoms with E-state index < -0.39 is 0 Å². The molecule has 1 aromatic carbocycles. The maximum Gasteiger partial charge on any atom is 0.0283 e. The van der Waals surface area contributed by atoms with E-state index in [1.807, 2.05) is 0 Å². The highest BCUT2D eigenvalue weighted by Crippen LogP contribution is 2.27. The lowest BCUT2D eigenvalue weighted by molar-refractivity contribution is 0.410. The van der Waals surface area contributed by atoms with E-state index in [0.29, 0.717) is 5.41 Å². The molecular weight excluding hydrogens is 304 g/mol. The van der Waals surface area contributed by atoms with Crippen LogP contribution in [-0.4, -0.2) is 0 Å². The minimum Gasteiger partial charge on any atom is -0.0876 e. The van der Waals surface area contributed by atoms with Crippen LogP contribution in [0.2, 0.25) is 0 Å². The SMILES string of the molecule is CC(C)(C)Cc1cc(CBr)ccc1Br. The first-order chi connectivity index (χ1) is 6.42. The lowest BCUT2D eigenvalue weighted by Gasteiger charge is -2.19. The predicted octanol–water partition coefficient (Wildman–Crippen LogP) is 4.93. The summed E-state index contributed by atoms with van der Waals surface area (Å²) in [6, 6.07) is 6.55. The highest BCUT2D eigenvalue weighted by molar-refractivity contribution is 9.10. The molecule has 0 fully saturated rings. The Morgan fingerprint density at radius 1 is 1.21 bits per heavy atom. The molecule has 0 unspecified atom stereocenters. The lowest BCUT2D eigenvalue weighted by Crippen LogP contribution is -2.09. The smallest absolute Gasteiger partial charge is 0.0283 e. The third kappa shape index (κ3) is 3.74. The minimum atomic E-state index is 0.341. The van der Waals surface area contributed by atoms with Gasteiger partial charge in [-0.25, -0.2) is 0 Å². The molecule has 0 atom stereocenters. The van der Waals surface area contributed by atoms with Crippen molar-refractivity contribution in [3.8, 4) is 0 Å². The van der Waals surface area contributed by atoms with Gasteiger partial charge in [0.1, 0.15) is 0 Å². The van der Waals surface area contributed by atoms with Gasteiger partial charge >= 0.3 is 0 Å². The molecule has 0 spiro atoms. The topological polar surface area (TPSA) is 0 Å². The highest BCUT2D eigenvalue weighted by Gasteiger charge is 2.13. The molecule has 0 saturated carbocycles. The molecule has 0 aromatic heterocycles. The Morgan fingerprint density at radius 2 is 1.86 bits per heavy atom. The second-order valence-electron chi connectivity index (χ2n) is 4.80. The Hall–Kier alpha value is 0.180. The zero-order chi connectivity index (χ0) is 10.8. The average Bonchev–Trinajstić information content (AvgIpc) is 2.06. The maximum atomic E-state index is 3.60. The second kappa shape index (κ2) is 4.80. The van der Waals surface area contributed by atoms with Crippen LogP contribution in [-0.2, 0) is 11.8 Å². The Kier molecular flexibility index (Phi) is 4.20.